The largest absolute Gasteiger partial charge is 0.506 e. The van der Waals surface area contributed by atoms with E-state index in [-0.39, 0.29) is 18.1 Å². The predicted molar refractivity (Wildman–Crippen MR) is 129 cm³/mol. The highest BCUT2D eigenvalue weighted by Crippen LogP contribution is 2.40. The van der Waals surface area contributed by atoms with Crippen LogP contribution in [0.1, 0.15) is 41.4 Å². The van der Waals surface area contributed by atoms with Crippen molar-refractivity contribution >= 4 is 43.6 Å². The van der Waals surface area contributed by atoms with E-state index < -0.39 is 22.6 Å². The van der Waals surface area contributed by atoms with Gasteiger partial charge in [0.05, 0.1) is 38.7 Å². The number of benzene rings is 2. The Bertz CT molecular complexity index is 1220. The number of rotatable bonds is 7. The minimum atomic E-state index is -1.51. The van der Waals surface area contributed by atoms with Crippen LogP contribution < -0.4 is 0 Å². The van der Waals surface area contributed by atoms with Crippen molar-refractivity contribution < 1.29 is 23.2 Å². The highest BCUT2D eigenvalue weighted by molar-refractivity contribution is 9.10. The number of phenols is 1. The van der Waals surface area contributed by atoms with Crippen LogP contribution in [0.15, 0.2) is 39.7 Å². The summed E-state index contributed by atoms with van der Waals surface area (Å²) in [4.78, 5) is 15.9. The van der Waals surface area contributed by atoms with Crippen LogP contribution in [0.25, 0.3) is 10.9 Å². The molecular formula is C24H26BrFN2O4S. The molecule has 0 aliphatic carbocycles. The summed E-state index contributed by atoms with van der Waals surface area (Å²) in [6.45, 7) is 4.28. The van der Waals surface area contributed by atoms with Gasteiger partial charge in [0.1, 0.15) is 11.6 Å². The van der Waals surface area contributed by atoms with E-state index in [1.54, 1.807) is 13.0 Å². The molecule has 176 valence electrons. The first kappa shape index (κ1) is 23.9. The second-order valence-electron chi connectivity index (χ2n) is 8.11. The van der Waals surface area contributed by atoms with Crippen molar-refractivity contribution in [2.45, 2.75) is 37.0 Å². The van der Waals surface area contributed by atoms with Gasteiger partial charge in [-0.25, -0.2) is 9.18 Å². The van der Waals surface area contributed by atoms with Crippen LogP contribution in [0, 0.1) is 5.82 Å². The maximum Gasteiger partial charge on any atom is 0.340 e. The number of aromatic nitrogens is 1. The molecule has 3 aromatic rings. The zero-order valence-corrected chi connectivity index (χ0v) is 21.0. The Hall–Kier alpha value is -2.23. The van der Waals surface area contributed by atoms with Gasteiger partial charge in [-0.3, -0.25) is 9.11 Å². The van der Waals surface area contributed by atoms with Gasteiger partial charge in [0.2, 0.25) is 0 Å². The molecule has 1 aliphatic heterocycles. The lowest BCUT2D eigenvalue weighted by Crippen LogP contribution is -2.19. The molecule has 0 bridgehead atoms. The van der Waals surface area contributed by atoms with Gasteiger partial charge in [-0.2, -0.15) is 0 Å². The summed E-state index contributed by atoms with van der Waals surface area (Å²) in [5.74, 6) is -0.776. The summed E-state index contributed by atoms with van der Waals surface area (Å²) < 4.78 is 34.2. The summed E-state index contributed by atoms with van der Waals surface area (Å²) in [5.41, 5.74) is 2.26. The van der Waals surface area contributed by atoms with Gasteiger partial charge in [0.15, 0.2) is 0 Å². The number of halogens is 2. The lowest BCUT2D eigenvalue weighted by Gasteiger charge is -2.18. The van der Waals surface area contributed by atoms with Gasteiger partial charge in [-0.05, 0) is 79.1 Å². The summed E-state index contributed by atoms with van der Waals surface area (Å²) in [7, 11) is 0.299. The molecule has 1 atom stereocenters. The monoisotopic (exact) mass is 536 g/mol. The van der Waals surface area contributed by atoms with Crippen LogP contribution in [0.5, 0.6) is 5.75 Å². The Kier molecular flexibility index (Phi) is 7.21. The number of carbonyl (C=O) groups is 1. The number of fused-ring (bicyclic) bond motifs is 1. The maximum absolute atomic E-state index is 13.3. The van der Waals surface area contributed by atoms with Crippen molar-refractivity contribution in [1.82, 2.24) is 9.47 Å². The van der Waals surface area contributed by atoms with E-state index in [0.29, 0.717) is 38.1 Å². The second kappa shape index (κ2) is 9.95. The topological polar surface area (TPSA) is 71.8 Å². The Morgan fingerprint density at radius 1 is 1.24 bits per heavy atom. The van der Waals surface area contributed by atoms with E-state index in [9.17, 15) is 18.5 Å². The minimum absolute atomic E-state index is 0.0481. The van der Waals surface area contributed by atoms with Gasteiger partial charge in [0, 0.05) is 35.1 Å². The number of aromatic hydroxyl groups is 1. The molecular weight excluding hydrogens is 511 g/mol. The van der Waals surface area contributed by atoms with E-state index in [1.807, 2.05) is 11.6 Å². The average Bonchev–Trinajstić information content (AvgIpc) is 3.39. The van der Waals surface area contributed by atoms with Crippen molar-refractivity contribution in [3.8, 4) is 5.75 Å². The summed E-state index contributed by atoms with van der Waals surface area (Å²) in [6.07, 6.45) is 2.19. The third-order valence-electron chi connectivity index (χ3n) is 6.04. The number of hydrogen-bond donors (Lipinski definition) is 1. The van der Waals surface area contributed by atoms with E-state index in [0.717, 1.165) is 31.4 Å². The van der Waals surface area contributed by atoms with E-state index in [2.05, 4.69) is 20.8 Å². The zero-order chi connectivity index (χ0) is 23.7. The van der Waals surface area contributed by atoms with Crippen LogP contribution >= 0.6 is 15.9 Å². The molecule has 2 heterocycles. The molecule has 1 fully saturated rings. The molecule has 1 aliphatic rings. The molecule has 2 aromatic carbocycles. The van der Waals surface area contributed by atoms with Crippen molar-refractivity contribution in [2.75, 3.05) is 19.7 Å². The molecule has 6 nitrogen and oxygen atoms in total. The highest BCUT2D eigenvalue weighted by atomic mass is 79.9. The van der Waals surface area contributed by atoms with Crippen molar-refractivity contribution in [1.29, 1.82) is 0 Å². The predicted octanol–water partition coefficient (Wildman–Crippen LogP) is 4.87. The molecule has 4 rings (SSSR count). The summed E-state index contributed by atoms with van der Waals surface area (Å²) in [6, 6.07) is 7.28. The molecule has 1 N–H and O–H groups in total. The lowest BCUT2D eigenvalue weighted by molar-refractivity contribution is 0.0527. The fourth-order valence-corrected chi connectivity index (χ4v) is 6.03. The molecule has 0 radical (unpaired) electrons. The van der Waals surface area contributed by atoms with Gasteiger partial charge in [0.25, 0.3) is 0 Å². The standard InChI is InChI=1S/C24H26BrFN2O4S/c1-3-32-24(30)22-20(14-33(31)16-8-6-15(26)7-9-16)27(2)19-12-18(25)23(29)17(21(19)22)13-28-10-4-5-11-28/h6-9,12,29H,3-5,10-11,13-14H2,1-2H3. The first-order valence-electron chi connectivity index (χ1n) is 10.9. The fraction of sp³-hybridized carbons (Fsp3) is 0.375. The molecule has 1 unspecified atom stereocenters. The van der Waals surface area contributed by atoms with Crippen LogP contribution in [-0.2, 0) is 34.9 Å². The van der Waals surface area contributed by atoms with Crippen molar-refractivity contribution in [3.63, 3.8) is 0 Å². The van der Waals surface area contributed by atoms with Gasteiger partial charge >= 0.3 is 5.97 Å². The van der Waals surface area contributed by atoms with E-state index in [4.69, 9.17) is 4.74 Å². The molecule has 0 amide bonds. The summed E-state index contributed by atoms with van der Waals surface area (Å²) >= 11 is 3.45. The number of carbonyl (C=O) groups excluding carboxylic acids is 1. The lowest BCUT2D eigenvalue weighted by atomic mass is 10.0. The van der Waals surface area contributed by atoms with Gasteiger partial charge in [-0.15, -0.1) is 0 Å². The smallest absolute Gasteiger partial charge is 0.340 e. The molecule has 9 heteroatoms. The van der Waals surface area contributed by atoms with Crippen LogP contribution in [-0.4, -0.2) is 44.4 Å². The highest BCUT2D eigenvalue weighted by Gasteiger charge is 2.29. The Labute approximate surface area is 202 Å². The number of hydrogen-bond acceptors (Lipinski definition) is 5. The number of likely N-dealkylation sites (tertiary alicyclic amines) is 1. The van der Waals surface area contributed by atoms with Crippen molar-refractivity contribution in [2.24, 2.45) is 7.05 Å². The molecule has 1 aromatic heterocycles. The number of ether oxygens (including phenoxy) is 1. The zero-order valence-electron chi connectivity index (χ0n) is 18.6. The Balaban J connectivity index is 1.89. The number of nitrogens with zero attached hydrogens (tertiary/aromatic N) is 2. The van der Waals surface area contributed by atoms with Crippen LogP contribution in [0.2, 0.25) is 0 Å². The van der Waals surface area contributed by atoms with E-state index >= 15 is 0 Å². The quantitative estimate of drug-likeness (QED) is 0.436. The Morgan fingerprint density at radius 2 is 1.91 bits per heavy atom. The fourth-order valence-electron chi connectivity index (χ4n) is 4.38. The third kappa shape index (κ3) is 4.72. The van der Waals surface area contributed by atoms with Gasteiger partial charge < -0.3 is 14.4 Å². The molecule has 0 saturated carbocycles. The minimum Gasteiger partial charge on any atom is -0.506 e. The second-order valence-corrected chi connectivity index (χ2v) is 10.4. The third-order valence-corrected chi connectivity index (χ3v) is 7.98. The van der Waals surface area contributed by atoms with Crippen molar-refractivity contribution in [3.05, 3.63) is 57.4 Å². The average molecular weight is 537 g/mol. The first-order chi connectivity index (χ1) is 15.8. The molecule has 33 heavy (non-hydrogen) atoms. The Morgan fingerprint density at radius 3 is 2.55 bits per heavy atom. The maximum atomic E-state index is 13.3. The number of aryl methyl sites for hydroxylation is 1. The van der Waals surface area contributed by atoms with Gasteiger partial charge in [-0.1, -0.05) is 0 Å². The van der Waals surface area contributed by atoms with Crippen LogP contribution in [0.4, 0.5) is 4.39 Å². The van der Waals surface area contributed by atoms with Crippen LogP contribution in [0.3, 0.4) is 0 Å². The SMILES string of the molecule is CCOC(=O)c1c(CS(=O)c2ccc(F)cc2)n(C)c2cc(Br)c(O)c(CN3CCCC3)c12. The first-order valence-corrected chi connectivity index (χ1v) is 13.0. The molecule has 1 saturated heterocycles. The van der Waals surface area contributed by atoms with E-state index in [1.165, 1.54) is 24.3 Å². The number of phenolic OH excluding ortho intramolecular Hbond substituents is 1. The molecule has 0 spiro atoms. The summed E-state index contributed by atoms with van der Waals surface area (Å²) in [5, 5.41) is 11.6. The number of esters is 1. The normalized spacial score (nSPS) is 15.3.